The molecule has 0 bridgehead atoms. The van der Waals surface area contributed by atoms with E-state index in [2.05, 4.69) is 20.5 Å². The van der Waals surface area contributed by atoms with E-state index in [1.165, 1.54) is 25.9 Å². The van der Waals surface area contributed by atoms with Crippen LogP contribution in [0.25, 0.3) is 0 Å². The largest absolute Gasteiger partial charge is 0.386 e. The van der Waals surface area contributed by atoms with Gasteiger partial charge < -0.3 is 20.6 Å². The van der Waals surface area contributed by atoms with Crippen LogP contribution in [0.2, 0.25) is 10.0 Å². The van der Waals surface area contributed by atoms with Crippen molar-refractivity contribution in [3.05, 3.63) is 33.8 Å². The summed E-state index contributed by atoms with van der Waals surface area (Å²) in [6.45, 7) is 7.48. The number of rotatable bonds is 8. The van der Waals surface area contributed by atoms with E-state index >= 15 is 0 Å². The van der Waals surface area contributed by atoms with Gasteiger partial charge in [-0.05, 0) is 69.6 Å². The van der Waals surface area contributed by atoms with Gasteiger partial charge in [-0.2, -0.15) is 0 Å². The predicted molar refractivity (Wildman–Crippen MR) is 121 cm³/mol. The van der Waals surface area contributed by atoms with Crippen molar-refractivity contribution < 1.29 is 5.11 Å². The molecule has 1 aromatic carbocycles. The number of likely N-dealkylation sites (tertiary alicyclic amines) is 1. The second-order valence-corrected chi connectivity index (χ2v) is 7.14. The van der Waals surface area contributed by atoms with E-state index in [1.807, 2.05) is 6.92 Å². The maximum Gasteiger partial charge on any atom is 0.191 e. The van der Waals surface area contributed by atoms with E-state index in [0.29, 0.717) is 15.6 Å². The maximum atomic E-state index is 10.3. The van der Waals surface area contributed by atoms with Crippen molar-refractivity contribution in [3.8, 4) is 0 Å². The van der Waals surface area contributed by atoms with Crippen molar-refractivity contribution in [1.29, 1.82) is 0 Å². The molecule has 0 amide bonds. The van der Waals surface area contributed by atoms with Gasteiger partial charge in [-0.25, -0.2) is 0 Å². The number of hydrogen-bond acceptors (Lipinski definition) is 3. The lowest BCUT2D eigenvalue weighted by molar-refractivity contribution is 0.187. The van der Waals surface area contributed by atoms with Gasteiger partial charge in [-0.15, -0.1) is 24.0 Å². The topological polar surface area (TPSA) is 59.9 Å². The Hall–Kier alpha value is -0.280. The molecule has 0 aromatic heterocycles. The molecule has 1 atom stereocenters. The minimum atomic E-state index is -0.740. The molecule has 1 fully saturated rings. The molecule has 1 unspecified atom stereocenters. The molecular weight excluding hydrogens is 486 g/mol. The Balaban J connectivity index is 0.00000338. The van der Waals surface area contributed by atoms with Crippen LogP contribution in [-0.2, 0) is 0 Å². The molecule has 2 rings (SSSR count). The van der Waals surface area contributed by atoms with Crippen LogP contribution in [0.1, 0.15) is 37.9 Å². The molecule has 1 aromatic rings. The summed E-state index contributed by atoms with van der Waals surface area (Å²) in [5.41, 5.74) is 0.672. The van der Waals surface area contributed by atoms with Crippen LogP contribution < -0.4 is 10.6 Å². The van der Waals surface area contributed by atoms with Crippen LogP contribution in [0.4, 0.5) is 0 Å². The molecule has 0 radical (unpaired) electrons. The zero-order chi connectivity index (χ0) is 18.1. The van der Waals surface area contributed by atoms with Gasteiger partial charge in [0.25, 0.3) is 0 Å². The van der Waals surface area contributed by atoms with Gasteiger partial charge in [-0.3, -0.25) is 4.99 Å². The third-order valence-corrected chi connectivity index (χ3v) is 4.61. The van der Waals surface area contributed by atoms with E-state index in [1.54, 1.807) is 18.2 Å². The number of aliphatic hydroxyl groups is 1. The van der Waals surface area contributed by atoms with Crippen molar-refractivity contribution in [3.63, 3.8) is 0 Å². The number of aliphatic imine (C=N–C) groups is 1. The Morgan fingerprint density at radius 3 is 2.46 bits per heavy atom. The van der Waals surface area contributed by atoms with E-state index in [9.17, 15) is 5.11 Å². The number of aliphatic hydroxyl groups excluding tert-OH is 1. The molecule has 1 heterocycles. The second-order valence-electron chi connectivity index (χ2n) is 6.27. The van der Waals surface area contributed by atoms with Crippen LogP contribution in [0, 0.1) is 0 Å². The standard InChI is InChI=1S/C18H28Cl2N4O.HI/c1-2-21-18(22-6-5-9-24-7-3-4-8-24)23-13-17(25)14-10-15(19)12-16(20)11-14;/h10-12,17,25H,2-9,13H2,1H3,(H2,21,22,23);1H. The average Bonchev–Trinajstić information content (AvgIpc) is 3.08. The highest BCUT2D eigenvalue weighted by atomic mass is 127. The molecule has 5 nitrogen and oxygen atoms in total. The van der Waals surface area contributed by atoms with Crippen molar-refractivity contribution >= 4 is 53.1 Å². The smallest absolute Gasteiger partial charge is 0.191 e. The molecule has 1 aliphatic rings. The summed E-state index contributed by atoms with van der Waals surface area (Å²) < 4.78 is 0. The van der Waals surface area contributed by atoms with Gasteiger partial charge in [0, 0.05) is 23.1 Å². The van der Waals surface area contributed by atoms with Crippen molar-refractivity contribution in [2.24, 2.45) is 4.99 Å². The highest BCUT2D eigenvalue weighted by Crippen LogP contribution is 2.23. The van der Waals surface area contributed by atoms with E-state index in [0.717, 1.165) is 32.0 Å². The quantitative estimate of drug-likeness (QED) is 0.214. The van der Waals surface area contributed by atoms with Gasteiger partial charge in [0.05, 0.1) is 12.6 Å². The molecule has 26 heavy (non-hydrogen) atoms. The Morgan fingerprint density at radius 1 is 1.19 bits per heavy atom. The second kappa shape index (κ2) is 13.0. The van der Waals surface area contributed by atoms with Crippen LogP contribution in [0.5, 0.6) is 0 Å². The molecule has 8 heteroatoms. The summed E-state index contributed by atoms with van der Waals surface area (Å²) in [4.78, 5) is 6.96. The Kier molecular flexibility index (Phi) is 11.9. The lowest BCUT2D eigenvalue weighted by atomic mass is 10.1. The minimum absolute atomic E-state index is 0. The van der Waals surface area contributed by atoms with Gasteiger partial charge in [-0.1, -0.05) is 23.2 Å². The molecule has 0 saturated carbocycles. The van der Waals surface area contributed by atoms with Crippen LogP contribution in [-0.4, -0.2) is 55.2 Å². The van der Waals surface area contributed by atoms with Crippen molar-refractivity contribution in [1.82, 2.24) is 15.5 Å². The van der Waals surface area contributed by atoms with Gasteiger partial charge in [0.2, 0.25) is 0 Å². The Labute approximate surface area is 183 Å². The van der Waals surface area contributed by atoms with Gasteiger partial charge in [0.1, 0.15) is 0 Å². The van der Waals surface area contributed by atoms with Crippen molar-refractivity contribution in [2.75, 3.05) is 39.3 Å². The lowest BCUT2D eigenvalue weighted by Gasteiger charge is -2.16. The van der Waals surface area contributed by atoms with Gasteiger partial charge >= 0.3 is 0 Å². The molecule has 148 valence electrons. The fourth-order valence-electron chi connectivity index (χ4n) is 2.91. The van der Waals surface area contributed by atoms with E-state index < -0.39 is 6.10 Å². The number of halogens is 3. The summed E-state index contributed by atoms with van der Waals surface area (Å²) in [6.07, 6.45) is 2.99. The average molecular weight is 515 g/mol. The van der Waals surface area contributed by atoms with E-state index in [-0.39, 0.29) is 30.5 Å². The third-order valence-electron chi connectivity index (χ3n) is 4.18. The highest BCUT2D eigenvalue weighted by molar-refractivity contribution is 14.0. The first-order chi connectivity index (χ1) is 12.1. The maximum absolute atomic E-state index is 10.3. The highest BCUT2D eigenvalue weighted by Gasteiger charge is 2.11. The number of nitrogens with one attached hydrogen (secondary N) is 2. The Bertz CT molecular complexity index is 548. The molecule has 0 spiro atoms. The SMILES string of the molecule is CCNC(=NCC(O)c1cc(Cl)cc(Cl)c1)NCCCN1CCCC1.I. The zero-order valence-electron chi connectivity index (χ0n) is 15.2. The summed E-state index contributed by atoms with van der Waals surface area (Å²) in [5.74, 6) is 0.719. The minimum Gasteiger partial charge on any atom is -0.386 e. The number of benzene rings is 1. The van der Waals surface area contributed by atoms with Crippen LogP contribution in [0.3, 0.4) is 0 Å². The van der Waals surface area contributed by atoms with Crippen LogP contribution in [0.15, 0.2) is 23.2 Å². The normalized spacial score (nSPS) is 16.2. The first-order valence-electron chi connectivity index (χ1n) is 8.97. The number of guanidine groups is 1. The molecule has 3 N–H and O–H groups in total. The van der Waals surface area contributed by atoms with Crippen LogP contribution >= 0.6 is 47.2 Å². The molecular formula is C18H29Cl2IN4O. The molecule has 1 saturated heterocycles. The fourth-order valence-corrected chi connectivity index (χ4v) is 3.45. The van der Waals surface area contributed by atoms with Gasteiger partial charge in [0.15, 0.2) is 5.96 Å². The van der Waals surface area contributed by atoms with E-state index in [4.69, 9.17) is 23.2 Å². The summed E-state index contributed by atoms with van der Waals surface area (Å²) >= 11 is 12.0. The monoisotopic (exact) mass is 514 g/mol. The lowest BCUT2D eigenvalue weighted by Crippen LogP contribution is -2.39. The molecule has 0 aliphatic carbocycles. The van der Waals surface area contributed by atoms with Crippen molar-refractivity contribution in [2.45, 2.75) is 32.3 Å². The third kappa shape index (κ3) is 8.61. The Morgan fingerprint density at radius 2 is 1.85 bits per heavy atom. The fraction of sp³-hybridized carbons (Fsp3) is 0.611. The first kappa shape index (κ1) is 23.8. The summed E-state index contributed by atoms with van der Waals surface area (Å²) in [7, 11) is 0. The summed E-state index contributed by atoms with van der Waals surface area (Å²) in [6, 6.07) is 5.07. The number of hydrogen-bond donors (Lipinski definition) is 3. The zero-order valence-corrected chi connectivity index (χ0v) is 19.0. The predicted octanol–water partition coefficient (Wildman–Crippen LogP) is 3.69. The molecule has 1 aliphatic heterocycles. The first-order valence-corrected chi connectivity index (χ1v) is 9.72. The number of nitrogens with zero attached hydrogens (tertiary/aromatic N) is 2. The summed E-state index contributed by atoms with van der Waals surface area (Å²) in [5, 5.41) is 17.9.